The van der Waals surface area contributed by atoms with Gasteiger partial charge in [-0.2, -0.15) is 0 Å². The molecule has 0 unspecified atom stereocenters. The highest BCUT2D eigenvalue weighted by atomic mass is 79.9. The van der Waals surface area contributed by atoms with E-state index in [0.29, 0.717) is 12.8 Å². The molecule has 0 aliphatic rings. The first kappa shape index (κ1) is 15.3. The topological polar surface area (TPSA) is 20.3 Å². The van der Waals surface area contributed by atoms with Crippen molar-refractivity contribution in [2.24, 2.45) is 0 Å². The summed E-state index contributed by atoms with van der Waals surface area (Å²) in [6, 6.07) is 4.44. The van der Waals surface area contributed by atoms with Crippen LogP contribution in [0.25, 0.3) is 0 Å². The van der Waals surface area contributed by atoms with Crippen molar-refractivity contribution in [3.8, 4) is 0 Å². The van der Waals surface area contributed by atoms with Crippen LogP contribution < -0.4 is 0 Å². The van der Waals surface area contributed by atoms with Crippen molar-refractivity contribution in [1.82, 2.24) is 4.90 Å². The van der Waals surface area contributed by atoms with Crippen LogP contribution in [-0.2, 0) is 11.2 Å². The zero-order valence-corrected chi connectivity index (χ0v) is 12.5. The van der Waals surface area contributed by atoms with Crippen LogP contribution in [0.4, 0.5) is 4.39 Å². The number of hydrogen-bond acceptors (Lipinski definition) is 2. The minimum absolute atomic E-state index is 0.146. The lowest BCUT2D eigenvalue weighted by molar-refractivity contribution is -0.118. The number of Topliss-reactive ketones (excluding diaryl/α,β-unsaturated/α-hetero) is 1. The molecule has 18 heavy (non-hydrogen) atoms. The number of halogens is 2. The van der Waals surface area contributed by atoms with Gasteiger partial charge in [-0.05, 0) is 36.9 Å². The molecule has 0 aliphatic carbocycles. The summed E-state index contributed by atoms with van der Waals surface area (Å²) < 4.78 is 13.9. The average molecular weight is 316 g/mol. The first-order valence-corrected chi connectivity index (χ1v) is 7.04. The lowest BCUT2D eigenvalue weighted by Gasteiger charge is -2.17. The highest BCUT2D eigenvalue weighted by Gasteiger charge is 2.09. The first-order chi connectivity index (χ1) is 8.56. The number of benzene rings is 1. The fourth-order valence-electron chi connectivity index (χ4n) is 1.80. The molecule has 4 heteroatoms. The van der Waals surface area contributed by atoms with Crippen molar-refractivity contribution < 1.29 is 9.18 Å². The van der Waals surface area contributed by atoms with E-state index in [1.54, 1.807) is 6.07 Å². The standard InChI is InChI=1S/C14H19BrFNO/c1-3-17(4-2)8-7-13(18)10-11-9-12(16)5-6-14(11)15/h5-6,9H,3-4,7-8,10H2,1-2H3. The van der Waals surface area contributed by atoms with Crippen LogP contribution in [-0.4, -0.2) is 30.3 Å². The van der Waals surface area contributed by atoms with Gasteiger partial charge in [0, 0.05) is 23.9 Å². The minimum atomic E-state index is -0.301. The van der Waals surface area contributed by atoms with Crippen molar-refractivity contribution >= 4 is 21.7 Å². The van der Waals surface area contributed by atoms with Gasteiger partial charge in [0.05, 0.1) is 0 Å². The van der Waals surface area contributed by atoms with Gasteiger partial charge in [-0.3, -0.25) is 4.79 Å². The summed E-state index contributed by atoms with van der Waals surface area (Å²) in [4.78, 5) is 14.0. The quantitative estimate of drug-likeness (QED) is 0.768. The Morgan fingerprint density at radius 1 is 1.33 bits per heavy atom. The van der Waals surface area contributed by atoms with Crippen molar-refractivity contribution in [3.63, 3.8) is 0 Å². The Hall–Kier alpha value is -0.740. The van der Waals surface area contributed by atoms with E-state index in [0.717, 1.165) is 29.7 Å². The van der Waals surface area contributed by atoms with E-state index in [4.69, 9.17) is 0 Å². The van der Waals surface area contributed by atoms with Crippen LogP contribution in [0.1, 0.15) is 25.8 Å². The maximum atomic E-state index is 13.1. The highest BCUT2D eigenvalue weighted by Crippen LogP contribution is 2.18. The zero-order chi connectivity index (χ0) is 13.5. The van der Waals surface area contributed by atoms with E-state index < -0.39 is 0 Å². The molecule has 0 saturated carbocycles. The van der Waals surface area contributed by atoms with Gasteiger partial charge < -0.3 is 4.90 Å². The maximum absolute atomic E-state index is 13.1. The van der Waals surface area contributed by atoms with Gasteiger partial charge in [0.25, 0.3) is 0 Å². The summed E-state index contributed by atoms with van der Waals surface area (Å²) in [7, 11) is 0. The second kappa shape index (κ2) is 7.64. The largest absolute Gasteiger partial charge is 0.303 e. The maximum Gasteiger partial charge on any atom is 0.138 e. The molecule has 0 aliphatic heterocycles. The van der Waals surface area contributed by atoms with E-state index in [1.165, 1.54) is 12.1 Å². The van der Waals surface area contributed by atoms with Crippen LogP contribution in [0.5, 0.6) is 0 Å². The van der Waals surface area contributed by atoms with Crippen molar-refractivity contribution in [2.75, 3.05) is 19.6 Å². The molecule has 0 N–H and O–H groups in total. The monoisotopic (exact) mass is 315 g/mol. The summed E-state index contributed by atoms with van der Waals surface area (Å²) in [5, 5.41) is 0. The van der Waals surface area contributed by atoms with E-state index in [-0.39, 0.29) is 11.6 Å². The van der Waals surface area contributed by atoms with Crippen LogP contribution in [0.15, 0.2) is 22.7 Å². The number of carbonyl (C=O) groups excluding carboxylic acids is 1. The third-order valence-corrected chi connectivity index (χ3v) is 3.77. The Morgan fingerprint density at radius 2 is 2.00 bits per heavy atom. The van der Waals surface area contributed by atoms with Gasteiger partial charge >= 0.3 is 0 Å². The second-order valence-corrected chi connectivity index (χ2v) is 5.08. The Bertz CT molecular complexity index is 405. The summed E-state index contributed by atoms with van der Waals surface area (Å²) in [6.07, 6.45) is 0.810. The summed E-state index contributed by atoms with van der Waals surface area (Å²) in [5.41, 5.74) is 0.722. The second-order valence-electron chi connectivity index (χ2n) is 4.23. The number of nitrogens with zero attached hydrogens (tertiary/aromatic N) is 1. The molecule has 1 aromatic rings. The molecule has 2 nitrogen and oxygen atoms in total. The SMILES string of the molecule is CCN(CC)CCC(=O)Cc1cc(F)ccc1Br. The van der Waals surface area contributed by atoms with Gasteiger partial charge in [0.1, 0.15) is 11.6 Å². The number of carbonyl (C=O) groups is 1. The predicted octanol–water partition coefficient (Wildman–Crippen LogP) is 3.43. The highest BCUT2D eigenvalue weighted by molar-refractivity contribution is 9.10. The molecule has 0 bridgehead atoms. The molecule has 1 rings (SSSR count). The smallest absolute Gasteiger partial charge is 0.138 e. The third-order valence-electron chi connectivity index (χ3n) is 3.00. The summed E-state index contributed by atoms with van der Waals surface area (Å²) in [5.74, 6) is -0.155. The zero-order valence-electron chi connectivity index (χ0n) is 10.9. The van der Waals surface area contributed by atoms with Crippen LogP contribution in [0.3, 0.4) is 0 Å². The summed E-state index contributed by atoms with van der Waals surface area (Å²) in [6.45, 7) is 6.84. The molecule has 0 saturated heterocycles. The molecular formula is C14H19BrFNO. The van der Waals surface area contributed by atoms with E-state index >= 15 is 0 Å². The van der Waals surface area contributed by atoms with Gasteiger partial charge in [0.15, 0.2) is 0 Å². The molecule has 0 atom stereocenters. The lowest BCUT2D eigenvalue weighted by atomic mass is 10.1. The Morgan fingerprint density at radius 3 is 2.61 bits per heavy atom. The molecule has 0 radical (unpaired) electrons. The fraction of sp³-hybridized carbons (Fsp3) is 0.500. The number of ketones is 1. The average Bonchev–Trinajstić information content (AvgIpc) is 2.35. The molecule has 0 fully saturated rings. The van der Waals surface area contributed by atoms with E-state index in [2.05, 4.69) is 34.7 Å². The Balaban J connectivity index is 2.51. The molecule has 0 spiro atoms. The number of hydrogen-bond donors (Lipinski definition) is 0. The van der Waals surface area contributed by atoms with Gasteiger partial charge in [-0.15, -0.1) is 0 Å². The lowest BCUT2D eigenvalue weighted by Crippen LogP contribution is -2.26. The third kappa shape index (κ3) is 4.86. The first-order valence-electron chi connectivity index (χ1n) is 6.24. The van der Waals surface area contributed by atoms with Gasteiger partial charge in [-0.25, -0.2) is 4.39 Å². The van der Waals surface area contributed by atoms with Gasteiger partial charge in [0.2, 0.25) is 0 Å². The normalized spacial score (nSPS) is 10.9. The van der Waals surface area contributed by atoms with Gasteiger partial charge in [-0.1, -0.05) is 29.8 Å². The Kier molecular flexibility index (Phi) is 6.50. The van der Waals surface area contributed by atoms with Crippen molar-refractivity contribution in [1.29, 1.82) is 0 Å². The van der Waals surface area contributed by atoms with E-state index in [9.17, 15) is 9.18 Å². The summed E-state index contributed by atoms with van der Waals surface area (Å²) >= 11 is 3.34. The molecule has 0 amide bonds. The van der Waals surface area contributed by atoms with Crippen molar-refractivity contribution in [3.05, 3.63) is 34.1 Å². The molecule has 100 valence electrons. The molecular weight excluding hydrogens is 297 g/mol. The van der Waals surface area contributed by atoms with Crippen molar-refractivity contribution in [2.45, 2.75) is 26.7 Å². The van der Waals surface area contributed by atoms with Crippen LogP contribution >= 0.6 is 15.9 Å². The molecule has 1 aromatic carbocycles. The number of rotatable bonds is 7. The van der Waals surface area contributed by atoms with E-state index in [1.807, 2.05) is 0 Å². The molecule has 0 aromatic heterocycles. The Labute approximate surface area is 116 Å². The minimum Gasteiger partial charge on any atom is -0.303 e. The van der Waals surface area contributed by atoms with Crippen LogP contribution in [0, 0.1) is 5.82 Å². The predicted molar refractivity (Wildman–Crippen MR) is 75.2 cm³/mol. The van der Waals surface area contributed by atoms with Crippen LogP contribution in [0.2, 0.25) is 0 Å². The fourth-order valence-corrected chi connectivity index (χ4v) is 2.19. The molecule has 0 heterocycles.